The number of hydrogen-bond acceptors (Lipinski definition) is 5. The van der Waals surface area contributed by atoms with Crippen LogP contribution in [-0.4, -0.2) is 42.8 Å². The van der Waals surface area contributed by atoms with E-state index in [0.717, 1.165) is 55.3 Å². The minimum Gasteiger partial charge on any atom is -0.378 e. The van der Waals surface area contributed by atoms with Crippen LogP contribution in [0.3, 0.4) is 0 Å². The molecule has 1 aromatic heterocycles. The van der Waals surface area contributed by atoms with E-state index in [4.69, 9.17) is 9.72 Å². The van der Waals surface area contributed by atoms with Crippen molar-refractivity contribution in [3.05, 3.63) is 41.1 Å². The number of anilines is 1. The molecule has 0 unspecified atom stereocenters. The summed E-state index contributed by atoms with van der Waals surface area (Å²) >= 11 is 0. The number of ether oxygens (including phenoxy) is 1. The minimum absolute atomic E-state index is 0. The number of benzene rings is 1. The molecule has 0 saturated carbocycles. The predicted octanol–water partition coefficient (Wildman–Crippen LogP) is 3.49. The van der Waals surface area contributed by atoms with E-state index < -0.39 is 11.7 Å². The third-order valence-electron chi connectivity index (χ3n) is 4.70. The molecule has 0 radical (unpaired) electrons. The largest absolute Gasteiger partial charge is 0.416 e. The summed E-state index contributed by atoms with van der Waals surface area (Å²) in [4.78, 5) is 11.5. The summed E-state index contributed by atoms with van der Waals surface area (Å²) in [5.74, 6) is 1.34. The van der Waals surface area contributed by atoms with Gasteiger partial charge in [0.25, 0.3) is 0 Å². The highest BCUT2D eigenvalue weighted by atomic mass is 35.5. The Labute approximate surface area is 173 Å². The van der Waals surface area contributed by atoms with Gasteiger partial charge in [-0.2, -0.15) is 13.2 Å². The zero-order valence-electron chi connectivity index (χ0n) is 15.0. The normalized spacial score (nSPS) is 16.6. The van der Waals surface area contributed by atoms with Gasteiger partial charge in [0, 0.05) is 30.8 Å². The van der Waals surface area contributed by atoms with Crippen molar-refractivity contribution in [2.75, 3.05) is 37.7 Å². The van der Waals surface area contributed by atoms with E-state index in [9.17, 15) is 13.2 Å². The van der Waals surface area contributed by atoms with Crippen molar-refractivity contribution < 1.29 is 17.9 Å². The van der Waals surface area contributed by atoms with Crippen LogP contribution in [-0.2, 0) is 23.9 Å². The van der Waals surface area contributed by atoms with Crippen LogP contribution in [0.4, 0.5) is 19.0 Å². The molecule has 5 nitrogen and oxygen atoms in total. The van der Waals surface area contributed by atoms with Crippen molar-refractivity contribution in [2.45, 2.75) is 19.1 Å². The van der Waals surface area contributed by atoms with Gasteiger partial charge in [-0.25, -0.2) is 9.97 Å². The molecular formula is C18H21Cl2F3N4O. The van der Waals surface area contributed by atoms with Gasteiger partial charge >= 0.3 is 6.18 Å². The van der Waals surface area contributed by atoms with Crippen LogP contribution >= 0.6 is 24.8 Å². The van der Waals surface area contributed by atoms with Gasteiger partial charge in [0.15, 0.2) is 5.82 Å². The predicted molar refractivity (Wildman–Crippen MR) is 105 cm³/mol. The summed E-state index contributed by atoms with van der Waals surface area (Å²) in [6.45, 7) is 4.31. The second kappa shape index (κ2) is 9.26. The maximum atomic E-state index is 12.8. The Bertz CT molecular complexity index is 797. The first-order chi connectivity index (χ1) is 12.5. The molecule has 3 heterocycles. The summed E-state index contributed by atoms with van der Waals surface area (Å²) in [5.41, 5.74) is 1.96. The molecule has 2 aliphatic heterocycles. The van der Waals surface area contributed by atoms with Gasteiger partial charge in [0.05, 0.1) is 24.5 Å². The lowest BCUT2D eigenvalue weighted by atomic mass is 10.0. The molecule has 0 atom stereocenters. The third-order valence-corrected chi connectivity index (χ3v) is 4.70. The molecule has 1 saturated heterocycles. The topological polar surface area (TPSA) is 50.3 Å². The number of halogens is 5. The highest BCUT2D eigenvalue weighted by Gasteiger charge is 2.30. The molecule has 154 valence electrons. The average Bonchev–Trinajstić information content (AvgIpc) is 2.67. The highest BCUT2D eigenvalue weighted by molar-refractivity contribution is 5.85. The Hall–Kier alpha value is -1.61. The first-order valence-corrected chi connectivity index (χ1v) is 8.63. The molecule has 28 heavy (non-hydrogen) atoms. The minimum atomic E-state index is -4.35. The van der Waals surface area contributed by atoms with E-state index in [1.165, 1.54) is 12.1 Å². The van der Waals surface area contributed by atoms with Crippen LogP contribution in [0, 0.1) is 0 Å². The Balaban J connectivity index is 0.00000140. The summed E-state index contributed by atoms with van der Waals surface area (Å²) in [7, 11) is 0. The monoisotopic (exact) mass is 436 g/mol. The number of rotatable bonds is 2. The standard InChI is InChI=1S/C18H19F3N4O.2ClH/c19-18(20,21)13-3-1-12(2-4-13)16-23-15-11-22-6-5-14(15)17(24-16)25-7-9-26-10-8-25;;/h1-4,22H,5-11H2;2*1H. The number of nitrogens with one attached hydrogen (secondary N) is 1. The van der Waals surface area contributed by atoms with Crippen LogP contribution in [0.15, 0.2) is 24.3 Å². The van der Waals surface area contributed by atoms with Crippen molar-refractivity contribution in [1.82, 2.24) is 15.3 Å². The van der Waals surface area contributed by atoms with Crippen molar-refractivity contribution >= 4 is 30.6 Å². The molecule has 4 rings (SSSR count). The first kappa shape index (κ1) is 22.7. The fourth-order valence-corrected chi connectivity index (χ4v) is 3.31. The Kier molecular flexibility index (Phi) is 7.50. The molecule has 0 amide bonds. The van der Waals surface area contributed by atoms with Crippen molar-refractivity contribution in [1.29, 1.82) is 0 Å². The number of nitrogens with zero attached hydrogens (tertiary/aromatic N) is 3. The van der Waals surface area contributed by atoms with Gasteiger partial charge in [0.2, 0.25) is 0 Å². The van der Waals surface area contributed by atoms with Gasteiger partial charge in [-0.1, -0.05) is 12.1 Å². The van der Waals surface area contributed by atoms with Crippen LogP contribution in [0.5, 0.6) is 0 Å². The zero-order valence-corrected chi connectivity index (χ0v) is 16.6. The van der Waals surface area contributed by atoms with Crippen molar-refractivity contribution in [3.63, 3.8) is 0 Å². The fourth-order valence-electron chi connectivity index (χ4n) is 3.31. The number of alkyl halides is 3. The van der Waals surface area contributed by atoms with E-state index in [2.05, 4.69) is 15.2 Å². The van der Waals surface area contributed by atoms with Crippen molar-refractivity contribution in [2.24, 2.45) is 0 Å². The zero-order chi connectivity index (χ0) is 18.1. The van der Waals surface area contributed by atoms with Crippen LogP contribution in [0.1, 0.15) is 16.8 Å². The molecule has 2 aliphatic rings. The number of hydrogen-bond donors (Lipinski definition) is 1. The lowest BCUT2D eigenvalue weighted by Crippen LogP contribution is -2.39. The van der Waals surface area contributed by atoms with Crippen LogP contribution in [0.2, 0.25) is 0 Å². The van der Waals surface area contributed by atoms with E-state index in [0.29, 0.717) is 31.1 Å². The molecule has 0 bridgehead atoms. The lowest BCUT2D eigenvalue weighted by Gasteiger charge is -2.31. The number of morpholine rings is 1. The molecular weight excluding hydrogens is 416 g/mol. The highest BCUT2D eigenvalue weighted by Crippen LogP contribution is 2.32. The molecule has 1 fully saturated rings. The molecule has 1 N–H and O–H groups in total. The first-order valence-electron chi connectivity index (χ1n) is 8.63. The Morgan fingerprint density at radius 2 is 1.68 bits per heavy atom. The number of fused-ring (bicyclic) bond motifs is 1. The molecule has 0 aliphatic carbocycles. The smallest absolute Gasteiger partial charge is 0.378 e. The van der Waals surface area contributed by atoms with Crippen molar-refractivity contribution in [3.8, 4) is 11.4 Å². The van der Waals surface area contributed by atoms with E-state index >= 15 is 0 Å². The van der Waals surface area contributed by atoms with Crippen LogP contribution in [0.25, 0.3) is 11.4 Å². The molecule has 1 aromatic carbocycles. The summed E-state index contributed by atoms with van der Waals surface area (Å²) < 4.78 is 43.8. The second-order valence-electron chi connectivity index (χ2n) is 6.40. The van der Waals surface area contributed by atoms with E-state index in [1.54, 1.807) is 0 Å². The number of aromatic nitrogens is 2. The fraction of sp³-hybridized carbons (Fsp3) is 0.444. The summed E-state index contributed by atoms with van der Waals surface area (Å²) in [5, 5.41) is 3.30. The summed E-state index contributed by atoms with van der Waals surface area (Å²) in [6.07, 6.45) is -3.51. The second-order valence-corrected chi connectivity index (χ2v) is 6.40. The molecule has 2 aromatic rings. The van der Waals surface area contributed by atoms with E-state index in [-0.39, 0.29) is 24.8 Å². The average molecular weight is 437 g/mol. The molecule has 10 heteroatoms. The van der Waals surface area contributed by atoms with Gasteiger partial charge in [-0.15, -0.1) is 24.8 Å². The maximum Gasteiger partial charge on any atom is 0.416 e. The van der Waals surface area contributed by atoms with E-state index in [1.807, 2.05) is 0 Å². The quantitative estimate of drug-likeness (QED) is 0.780. The van der Waals surface area contributed by atoms with Gasteiger partial charge < -0.3 is 15.0 Å². The van der Waals surface area contributed by atoms with Gasteiger partial charge in [0.1, 0.15) is 5.82 Å². The summed E-state index contributed by atoms with van der Waals surface area (Å²) in [6, 6.07) is 5.02. The van der Waals surface area contributed by atoms with Crippen LogP contribution < -0.4 is 10.2 Å². The van der Waals surface area contributed by atoms with Gasteiger partial charge in [-0.05, 0) is 25.1 Å². The van der Waals surface area contributed by atoms with Gasteiger partial charge in [-0.3, -0.25) is 0 Å². The molecule has 0 spiro atoms. The Morgan fingerprint density at radius 3 is 2.32 bits per heavy atom. The third kappa shape index (κ3) is 4.68. The SMILES string of the molecule is Cl.Cl.FC(F)(F)c1ccc(-c2nc3c(c(N4CCOCC4)n2)CCNC3)cc1. The maximum absolute atomic E-state index is 12.8. The Morgan fingerprint density at radius 1 is 1.00 bits per heavy atom. The lowest BCUT2D eigenvalue weighted by molar-refractivity contribution is -0.137.